The van der Waals surface area contributed by atoms with Crippen LogP contribution in [0.5, 0.6) is 0 Å². The number of carboxylic acid groups (broad SMARTS) is 1. The van der Waals surface area contributed by atoms with Gasteiger partial charge in [0.25, 0.3) is 0 Å². The minimum atomic E-state index is -0.938. The molecule has 2 amide bonds. The van der Waals surface area contributed by atoms with Gasteiger partial charge in [-0.05, 0) is 27.2 Å². The Kier molecular flexibility index (Phi) is 7.29. The maximum absolute atomic E-state index is 11.4. The Morgan fingerprint density at radius 2 is 2.00 bits per heavy atom. The first-order valence-electron chi connectivity index (χ1n) is 5.73. The lowest BCUT2D eigenvalue weighted by Gasteiger charge is -2.24. The third kappa shape index (κ3) is 9.62. The van der Waals surface area contributed by atoms with Gasteiger partial charge in [-0.25, -0.2) is 4.79 Å². The van der Waals surface area contributed by atoms with Gasteiger partial charge in [0.05, 0.1) is 6.42 Å². The van der Waals surface area contributed by atoms with Crippen LogP contribution >= 0.6 is 0 Å². The average molecular weight is 246 g/mol. The third-order valence-corrected chi connectivity index (χ3v) is 2.00. The Bertz CT molecular complexity index is 254. The molecule has 0 atom stereocenters. The molecular formula is C11H22N2O4. The number of aliphatic carboxylic acids is 1. The van der Waals surface area contributed by atoms with Crippen LogP contribution in [0.1, 0.15) is 33.6 Å². The van der Waals surface area contributed by atoms with Crippen LogP contribution in [0.15, 0.2) is 0 Å². The van der Waals surface area contributed by atoms with E-state index in [0.717, 1.165) is 6.42 Å². The summed E-state index contributed by atoms with van der Waals surface area (Å²) in [5, 5.41) is 13.9. The van der Waals surface area contributed by atoms with E-state index in [9.17, 15) is 9.59 Å². The molecular weight excluding hydrogens is 224 g/mol. The predicted octanol–water partition coefficient (Wildman–Crippen LogP) is 0.965. The van der Waals surface area contributed by atoms with Gasteiger partial charge in [-0.2, -0.15) is 0 Å². The second kappa shape index (κ2) is 7.89. The van der Waals surface area contributed by atoms with Crippen LogP contribution in [-0.2, 0) is 9.53 Å². The number of nitrogens with one attached hydrogen (secondary N) is 2. The summed E-state index contributed by atoms with van der Waals surface area (Å²) in [6, 6.07) is -0.354. The number of urea groups is 1. The molecule has 0 aromatic heterocycles. The van der Waals surface area contributed by atoms with Crippen molar-refractivity contribution in [1.82, 2.24) is 10.6 Å². The van der Waals surface area contributed by atoms with Crippen LogP contribution in [0, 0.1) is 0 Å². The maximum atomic E-state index is 11.4. The summed E-state index contributed by atoms with van der Waals surface area (Å²) < 4.78 is 5.12. The van der Waals surface area contributed by atoms with E-state index in [0.29, 0.717) is 19.8 Å². The molecule has 3 N–H and O–H groups in total. The minimum absolute atomic E-state index is 0.112. The van der Waals surface area contributed by atoms with Gasteiger partial charge in [-0.15, -0.1) is 0 Å². The lowest BCUT2D eigenvalue weighted by atomic mass is 10.0. The SMILES string of the molecule is CCOCCCNC(=O)NC(C)(C)CC(=O)O. The van der Waals surface area contributed by atoms with Gasteiger partial charge >= 0.3 is 12.0 Å². The molecule has 0 rings (SSSR count). The fraction of sp³-hybridized carbons (Fsp3) is 0.818. The standard InChI is InChI=1S/C11H22N2O4/c1-4-17-7-5-6-12-10(16)13-11(2,3)8-9(14)15/h4-8H2,1-3H3,(H,14,15)(H2,12,13,16). The normalized spacial score (nSPS) is 11.0. The summed E-state index contributed by atoms with van der Waals surface area (Å²) in [5.74, 6) is -0.938. The van der Waals surface area contributed by atoms with Crippen LogP contribution in [0.4, 0.5) is 4.79 Å². The Morgan fingerprint density at radius 1 is 1.35 bits per heavy atom. The number of ether oxygens (including phenoxy) is 1. The molecule has 0 radical (unpaired) electrons. The molecule has 0 saturated heterocycles. The number of rotatable bonds is 8. The molecule has 0 aromatic carbocycles. The molecule has 0 spiro atoms. The summed E-state index contributed by atoms with van der Waals surface area (Å²) in [4.78, 5) is 22.0. The molecule has 17 heavy (non-hydrogen) atoms. The molecule has 100 valence electrons. The van der Waals surface area contributed by atoms with Gasteiger partial charge in [0.2, 0.25) is 0 Å². The zero-order chi connectivity index (χ0) is 13.3. The van der Waals surface area contributed by atoms with Crippen molar-refractivity contribution < 1.29 is 19.4 Å². The van der Waals surface area contributed by atoms with Gasteiger partial charge in [0.1, 0.15) is 0 Å². The second-order valence-electron chi connectivity index (χ2n) is 4.39. The highest BCUT2D eigenvalue weighted by atomic mass is 16.5. The third-order valence-electron chi connectivity index (χ3n) is 2.00. The molecule has 6 nitrogen and oxygen atoms in total. The molecule has 0 unspecified atom stereocenters. The lowest BCUT2D eigenvalue weighted by Crippen LogP contribution is -2.49. The molecule has 0 fully saturated rings. The molecule has 0 aliphatic rings. The van der Waals surface area contributed by atoms with E-state index in [1.165, 1.54) is 0 Å². The van der Waals surface area contributed by atoms with Gasteiger partial charge in [-0.1, -0.05) is 0 Å². The summed E-state index contributed by atoms with van der Waals surface area (Å²) in [6.45, 7) is 7.03. The number of hydrogen-bond acceptors (Lipinski definition) is 3. The van der Waals surface area contributed by atoms with Gasteiger partial charge in [0.15, 0.2) is 0 Å². The first-order valence-corrected chi connectivity index (χ1v) is 5.73. The monoisotopic (exact) mass is 246 g/mol. The molecule has 0 heterocycles. The van der Waals surface area contributed by atoms with E-state index in [1.807, 2.05) is 6.92 Å². The quantitative estimate of drug-likeness (QED) is 0.557. The second-order valence-corrected chi connectivity index (χ2v) is 4.39. The van der Waals surface area contributed by atoms with E-state index in [1.54, 1.807) is 13.8 Å². The van der Waals surface area contributed by atoms with Crippen molar-refractivity contribution in [2.45, 2.75) is 39.2 Å². The summed E-state index contributed by atoms with van der Waals surface area (Å²) in [7, 11) is 0. The number of carboxylic acids is 1. The van der Waals surface area contributed by atoms with Crippen LogP contribution in [0.2, 0.25) is 0 Å². The Morgan fingerprint density at radius 3 is 2.53 bits per heavy atom. The molecule has 0 bridgehead atoms. The van der Waals surface area contributed by atoms with Crippen molar-refractivity contribution in [1.29, 1.82) is 0 Å². The maximum Gasteiger partial charge on any atom is 0.315 e. The van der Waals surface area contributed by atoms with Crippen LogP contribution in [0.25, 0.3) is 0 Å². The van der Waals surface area contributed by atoms with E-state index in [4.69, 9.17) is 9.84 Å². The fourth-order valence-electron chi connectivity index (χ4n) is 1.29. The van der Waals surface area contributed by atoms with Crippen molar-refractivity contribution >= 4 is 12.0 Å². The molecule has 0 aromatic rings. The van der Waals surface area contributed by atoms with E-state index in [-0.39, 0.29) is 12.5 Å². The number of carbonyl (C=O) groups excluding carboxylic acids is 1. The van der Waals surface area contributed by atoms with Crippen molar-refractivity contribution in [2.24, 2.45) is 0 Å². The Labute approximate surface area is 102 Å². The van der Waals surface area contributed by atoms with Crippen molar-refractivity contribution in [3.63, 3.8) is 0 Å². The highest BCUT2D eigenvalue weighted by Crippen LogP contribution is 2.07. The van der Waals surface area contributed by atoms with Crippen molar-refractivity contribution in [2.75, 3.05) is 19.8 Å². The molecule has 6 heteroatoms. The summed E-state index contributed by atoms with van der Waals surface area (Å²) in [6.07, 6.45) is 0.625. The van der Waals surface area contributed by atoms with Crippen LogP contribution in [0.3, 0.4) is 0 Å². The molecule has 0 aliphatic carbocycles. The molecule has 0 aliphatic heterocycles. The Hall–Kier alpha value is -1.30. The van der Waals surface area contributed by atoms with Crippen molar-refractivity contribution in [3.05, 3.63) is 0 Å². The smallest absolute Gasteiger partial charge is 0.315 e. The Balaban J connectivity index is 3.73. The highest BCUT2D eigenvalue weighted by molar-refractivity contribution is 5.76. The number of hydrogen-bond donors (Lipinski definition) is 3. The number of amides is 2. The van der Waals surface area contributed by atoms with Gasteiger partial charge in [-0.3, -0.25) is 4.79 Å². The van der Waals surface area contributed by atoms with Gasteiger partial charge in [0, 0.05) is 25.3 Å². The lowest BCUT2D eigenvalue weighted by molar-refractivity contribution is -0.138. The highest BCUT2D eigenvalue weighted by Gasteiger charge is 2.23. The van der Waals surface area contributed by atoms with Crippen LogP contribution < -0.4 is 10.6 Å². The topological polar surface area (TPSA) is 87.7 Å². The first kappa shape index (κ1) is 15.7. The van der Waals surface area contributed by atoms with Crippen LogP contribution in [-0.4, -0.2) is 42.4 Å². The molecule has 0 saturated carbocycles. The minimum Gasteiger partial charge on any atom is -0.481 e. The van der Waals surface area contributed by atoms with Crippen molar-refractivity contribution in [3.8, 4) is 0 Å². The van der Waals surface area contributed by atoms with E-state index in [2.05, 4.69) is 10.6 Å². The first-order chi connectivity index (χ1) is 7.87. The average Bonchev–Trinajstić information content (AvgIpc) is 2.14. The summed E-state index contributed by atoms with van der Waals surface area (Å²) >= 11 is 0. The van der Waals surface area contributed by atoms with Gasteiger partial charge < -0.3 is 20.5 Å². The van der Waals surface area contributed by atoms with E-state index >= 15 is 0 Å². The fourth-order valence-corrected chi connectivity index (χ4v) is 1.29. The zero-order valence-electron chi connectivity index (χ0n) is 10.7. The van der Waals surface area contributed by atoms with E-state index < -0.39 is 11.5 Å². The largest absolute Gasteiger partial charge is 0.481 e. The zero-order valence-corrected chi connectivity index (χ0v) is 10.7. The predicted molar refractivity (Wildman–Crippen MR) is 64.0 cm³/mol. The summed E-state index contributed by atoms with van der Waals surface area (Å²) in [5.41, 5.74) is -0.754. The number of carbonyl (C=O) groups is 2.